The molecule has 0 saturated carbocycles. The predicted molar refractivity (Wildman–Crippen MR) is 114 cm³/mol. The minimum Gasteiger partial charge on any atom is -0.492 e. The first-order valence-electron chi connectivity index (χ1n) is 8.42. The number of aliphatic hydroxyl groups excluding tert-OH is 1. The fraction of sp³-hybridized carbons (Fsp3) is 0.158. The van der Waals surface area contributed by atoms with E-state index >= 15 is 0 Å². The molecular weight excluding hydrogens is 444 g/mol. The molecule has 1 aromatic heterocycles. The Labute approximate surface area is 174 Å². The van der Waals surface area contributed by atoms with Crippen LogP contribution in [0.4, 0.5) is 10.7 Å². The predicted octanol–water partition coefficient (Wildman–Crippen LogP) is 4.44. The number of para-hydroxylation sites is 1. The summed E-state index contributed by atoms with van der Waals surface area (Å²) in [6.45, 7) is 1.62. The van der Waals surface area contributed by atoms with Crippen LogP contribution in [-0.4, -0.2) is 33.1 Å². The minimum atomic E-state index is -0.312. The highest BCUT2D eigenvalue weighted by atomic mass is 79.9. The van der Waals surface area contributed by atoms with Gasteiger partial charge in [0.25, 0.3) is 0 Å². The zero-order valence-electron chi connectivity index (χ0n) is 14.9. The van der Waals surface area contributed by atoms with Gasteiger partial charge in [-0.2, -0.15) is 4.37 Å². The average molecular weight is 463 g/mol. The molecule has 9 heteroatoms. The number of anilines is 2. The van der Waals surface area contributed by atoms with Gasteiger partial charge < -0.3 is 25.6 Å². The standard InChI is InChI=1S/C19H19BrN4O3S/c1-11(10-25)22-17(21)16-18(26)24-28-19(16)23-12-6-8-13(9-7-12)27-15-5-3-2-4-14(15)20/h2-9,11,23,25H,10H2,1H3,(H2,21,22)(H,24,26). The van der Waals surface area contributed by atoms with Crippen molar-refractivity contribution in [1.82, 2.24) is 9.69 Å². The topological polar surface area (TPSA) is 110 Å². The third kappa shape index (κ3) is 4.80. The molecule has 1 heterocycles. The SMILES string of the molecule is CC(CO)NC(=N)c1c(O)nsc1Nc1ccc(Oc2ccccc2Br)cc1. The van der Waals surface area contributed by atoms with Crippen molar-refractivity contribution in [2.24, 2.45) is 0 Å². The Morgan fingerprint density at radius 2 is 1.96 bits per heavy atom. The smallest absolute Gasteiger partial charge is 0.236 e. The van der Waals surface area contributed by atoms with E-state index in [1.807, 2.05) is 48.5 Å². The van der Waals surface area contributed by atoms with Crippen molar-refractivity contribution in [1.29, 1.82) is 5.41 Å². The average Bonchev–Trinajstić information content (AvgIpc) is 3.05. The Morgan fingerprint density at radius 1 is 1.25 bits per heavy atom. The van der Waals surface area contributed by atoms with Crippen LogP contribution < -0.4 is 15.4 Å². The second-order valence-electron chi connectivity index (χ2n) is 6.00. The fourth-order valence-corrected chi connectivity index (χ4v) is 3.43. The van der Waals surface area contributed by atoms with Crippen molar-refractivity contribution >= 4 is 44.0 Å². The van der Waals surface area contributed by atoms with Crippen LogP contribution in [0.5, 0.6) is 17.4 Å². The Morgan fingerprint density at radius 3 is 2.64 bits per heavy atom. The molecule has 0 saturated heterocycles. The van der Waals surface area contributed by atoms with Gasteiger partial charge >= 0.3 is 0 Å². The molecule has 0 aliphatic carbocycles. The molecule has 3 aromatic rings. The Hall–Kier alpha value is -2.62. The monoisotopic (exact) mass is 462 g/mol. The van der Waals surface area contributed by atoms with E-state index < -0.39 is 0 Å². The van der Waals surface area contributed by atoms with Gasteiger partial charge in [-0.15, -0.1) is 0 Å². The summed E-state index contributed by atoms with van der Waals surface area (Å²) < 4.78 is 10.6. The number of amidine groups is 1. The van der Waals surface area contributed by atoms with Crippen LogP contribution in [-0.2, 0) is 0 Å². The highest BCUT2D eigenvalue weighted by molar-refractivity contribution is 9.10. The summed E-state index contributed by atoms with van der Waals surface area (Å²) in [6, 6.07) is 14.6. The summed E-state index contributed by atoms with van der Waals surface area (Å²) in [5.41, 5.74) is 1.02. The maximum Gasteiger partial charge on any atom is 0.236 e. The number of nitrogens with zero attached hydrogens (tertiary/aromatic N) is 1. The van der Waals surface area contributed by atoms with Gasteiger partial charge in [0.1, 0.15) is 27.9 Å². The lowest BCUT2D eigenvalue weighted by atomic mass is 10.2. The summed E-state index contributed by atoms with van der Waals surface area (Å²) in [6.07, 6.45) is 0. The van der Waals surface area contributed by atoms with Crippen LogP contribution in [0.25, 0.3) is 0 Å². The van der Waals surface area contributed by atoms with Crippen molar-refractivity contribution < 1.29 is 14.9 Å². The van der Waals surface area contributed by atoms with Gasteiger partial charge in [0.05, 0.1) is 11.1 Å². The number of aromatic nitrogens is 1. The molecular formula is C19H19BrN4O3S. The zero-order chi connectivity index (χ0) is 20.1. The van der Waals surface area contributed by atoms with E-state index in [4.69, 9.17) is 15.3 Å². The van der Waals surface area contributed by atoms with Gasteiger partial charge in [-0.25, -0.2) is 0 Å². The van der Waals surface area contributed by atoms with Crippen LogP contribution in [0, 0.1) is 5.41 Å². The van der Waals surface area contributed by atoms with Crippen molar-refractivity contribution in [2.75, 3.05) is 11.9 Å². The van der Waals surface area contributed by atoms with Crippen molar-refractivity contribution in [3.8, 4) is 17.4 Å². The number of nitrogens with one attached hydrogen (secondary N) is 3. The van der Waals surface area contributed by atoms with Crippen LogP contribution in [0.15, 0.2) is 53.0 Å². The number of aliphatic hydroxyl groups is 1. The summed E-state index contributed by atoms with van der Waals surface area (Å²) in [7, 11) is 0. The molecule has 1 unspecified atom stereocenters. The van der Waals surface area contributed by atoms with Crippen LogP contribution in [0.1, 0.15) is 12.5 Å². The molecule has 0 bridgehead atoms. The number of hydrogen-bond acceptors (Lipinski definition) is 7. The van der Waals surface area contributed by atoms with Crippen molar-refractivity contribution in [3.05, 3.63) is 58.6 Å². The molecule has 0 aliphatic rings. The maximum absolute atomic E-state index is 9.99. The molecule has 0 aliphatic heterocycles. The highest BCUT2D eigenvalue weighted by Gasteiger charge is 2.19. The molecule has 7 nitrogen and oxygen atoms in total. The lowest BCUT2D eigenvalue weighted by Crippen LogP contribution is -2.35. The number of hydrogen-bond donors (Lipinski definition) is 5. The van der Waals surface area contributed by atoms with Gasteiger partial charge in [0, 0.05) is 11.7 Å². The highest BCUT2D eigenvalue weighted by Crippen LogP contribution is 2.34. The van der Waals surface area contributed by atoms with Gasteiger partial charge in [-0.05, 0) is 70.8 Å². The van der Waals surface area contributed by atoms with Crippen LogP contribution >= 0.6 is 27.5 Å². The minimum absolute atomic E-state index is 0.0100. The number of halogens is 1. The van der Waals surface area contributed by atoms with E-state index in [0.717, 1.165) is 27.4 Å². The quantitative estimate of drug-likeness (QED) is 0.262. The fourth-order valence-electron chi connectivity index (χ4n) is 2.35. The van der Waals surface area contributed by atoms with E-state index in [9.17, 15) is 5.11 Å². The number of aromatic hydroxyl groups is 1. The Bertz CT molecular complexity index is 962. The third-order valence-corrected chi connectivity index (χ3v) is 5.17. The molecule has 0 amide bonds. The summed E-state index contributed by atoms with van der Waals surface area (Å²) in [4.78, 5) is 0. The van der Waals surface area contributed by atoms with E-state index in [2.05, 4.69) is 30.9 Å². The third-order valence-electron chi connectivity index (χ3n) is 3.77. The van der Waals surface area contributed by atoms with Gasteiger partial charge in [-0.3, -0.25) is 5.41 Å². The summed E-state index contributed by atoms with van der Waals surface area (Å²) >= 11 is 4.50. The second-order valence-corrected chi connectivity index (χ2v) is 7.62. The zero-order valence-corrected chi connectivity index (χ0v) is 17.3. The first-order chi connectivity index (χ1) is 13.5. The summed E-state index contributed by atoms with van der Waals surface area (Å²) in [5, 5.41) is 33.8. The van der Waals surface area contributed by atoms with Crippen LogP contribution in [0.2, 0.25) is 0 Å². The lowest BCUT2D eigenvalue weighted by Gasteiger charge is -2.14. The van der Waals surface area contributed by atoms with E-state index in [1.54, 1.807) is 6.92 Å². The molecule has 146 valence electrons. The normalized spacial score (nSPS) is 11.7. The molecule has 0 radical (unpaired) electrons. The van der Waals surface area contributed by atoms with Gasteiger partial charge in [-0.1, -0.05) is 12.1 Å². The van der Waals surface area contributed by atoms with E-state index in [0.29, 0.717) is 10.8 Å². The molecule has 5 N–H and O–H groups in total. The van der Waals surface area contributed by atoms with Crippen molar-refractivity contribution in [2.45, 2.75) is 13.0 Å². The van der Waals surface area contributed by atoms with E-state index in [1.165, 1.54) is 0 Å². The largest absolute Gasteiger partial charge is 0.492 e. The number of ether oxygens (including phenoxy) is 1. The Kier molecular flexibility index (Phi) is 6.50. The second kappa shape index (κ2) is 9.05. The molecule has 3 rings (SSSR count). The maximum atomic E-state index is 9.99. The number of rotatable bonds is 7. The Balaban J connectivity index is 1.73. The molecule has 1 atom stereocenters. The lowest BCUT2D eigenvalue weighted by molar-refractivity contribution is 0.264. The van der Waals surface area contributed by atoms with Gasteiger partial charge in [0.15, 0.2) is 0 Å². The first-order valence-corrected chi connectivity index (χ1v) is 9.99. The van der Waals surface area contributed by atoms with Gasteiger partial charge in [0.2, 0.25) is 5.88 Å². The molecule has 0 spiro atoms. The molecule has 28 heavy (non-hydrogen) atoms. The molecule has 0 fully saturated rings. The van der Waals surface area contributed by atoms with Crippen molar-refractivity contribution in [3.63, 3.8) is 0 Å². The number of benzene rings is 2. The summed E-state index contributed by atoms with van der Waals surface area (Å²) in [5.74, 6) is 1.15. The molecule has 2 aromatic carbocycles. The van der Waals surface area contributed by atoms with Crippen LogP contribution in [0.3, 0.4) is 0 Å². The first kappa shape index (κ1) is 20.1. The van der Waals surface area contributed by atoms with E-state index in [-0.39, 0.29) is 29.9 Å².